The molecule has 1 aromatic rings. The van der Waals surface area contributed by atoms with Gasteiger partial charge in [0.05, 0.1) is 5.56 Å². The number of pyridine rings is 1. The number of anilines is 1. The summed E-state index contributed by atoms with van der Waals surface area (Å²) in [5, 5.41) is 0. The smallest absolute Gasteiger partial charge is 0.253 e. The molecule has 0 radical (unpaired) electrons. The molecule has 1 aromatic heterocycles. The van der Waals surface area contributed by atoms with Crippen molar-refractivity contribution in [2.75, 3.05) is 5.73 Å². The lowest BCUT2D eigenvalue weighted by atomic mass is 10.2. The Kier molecular flexibility index (Phi) is 1.72. The van der Waals surface area contributed by atoms with E-state index >= 15 is 0 Å². The SMILES string of the molecule is NC(=O)c1ccc(N)nc1F. The Balaban J connectivity index is 3.20. The van der Waals surface area contributed by atoms with E-state index in [4.69, 9.17) is 11.5 Å². The summed E-state index contributed by atoms with van der Waals surface area (Å²) in [6.07, 6.45) is 0. The van der Waals surface area contributed by atoms with E-state index in [9.17, 15) is 9.18 Å². The fourth-order valence-electron chi connectivity index (χ4n) is 0.632. The molecule has 0 bridgehead atoms. The van der Waals surface area contributed by atoms with Crippen molar-refractivity contribution >= 4 is 11.7 Å². The van der Waals surface area contributed by atoms with Gasteiger partial charge in [-0.3, -0.25) is 4.79 Å². The van der Waals surface area contributed by atoms with Crippen LogP contribution in [-0.2, 0) is 0 Å². The van der Waals surface area contributed by atoms with E-state index in [1.807, 2.05) is 0 Å². The van der Waals surface area contributed by atoms with Crippen LogP contribution in [0.15, 0.2) is 12.1 Å². The van der Waals surface area contributed by atoms with Crippen molar-refractivity contribution < 1.29 is 9.18 Å². The molecule has 0 aliphatic heterocycles. The normalized spacial score (nSPS) is 9.55. The average Bonchev–Trinajstić information content (AvgIpc) is 1.85. The third-order valence-corrected chi connectivity index (χ3v) is 1.14. The second kappa shape index (κ2) is 2.53. The molecule has 0 unspecified atom stereocenters. The molecule has 4 nitrogen and oxygen atoms in total. The summed E-state index contributed by atoms with van der Waals surface area (Å²) in [7, 11) is 0. The third-order valence-electron chi connectivity index (χ3n) is 1.14. The zero-order valence-electron chi connectivity index (χ0n) is 5.54. The van der Waals surface area contributed by atoms with Crippen molar-refractivity contribution in [3.8, 4) is 0 Å². The Labute approximate surface area is 62.0 Å². The van der Waals surface area contributed by atoms with Crippen LogP contribution in [-0.4, -0.2) is 10.9 Å². The molecule has 58 valence electrons. The van der Waals surface area contributed by atoms with Gasteiger partial charge >= 0.3 is 0 Å². The van der Waals surface area contributed by atoms with Gasteiger partial charge in [0.15, 0.2) is 0 Å². The van der Waals surface area contributed by atoms with Gasteiger partial charge in [0.25, 0.3) is 5.91 Å². The molecule has 0 saturated carbocycles. The van der Waals surface area contributed by atoms with Crippen molar-refractivity contribution in [3.05, 3.63) is 23.6 Å². The van der Waals surface area contributed by atoms with E-state index in [0.29, 0.717) is 0 Å². The van der Waals surface area contributed by atoms with Crippen LogP contribution in [0.1, 0.15) is 10.4 Å². The maximum Gasteiger partial charge on any atom is 0.253 e. The number of nitrogens with zero attached hydrogens (tertiary/aromatic N) is 1. The van der Waals surface area contributed by atoms with Crippen LogP contribution in [0.2, 0.25) is 0 Å². The van der Waals surface area contributed by atoms with Gasteiger partial charge in [-0.1, -0.05) is 0 Å². The second-order valence-electron chi connectivity index (χ2n) is 1.94. The number of hydrogen-bond donors (Lipinski definition) is 2. The summed E-state index contributed by atoms with van der Waals surface area (Å²) >= 11 is 0. The number of amides is 1. The second-order valence-corrected chi connectivity index (χ2v) is 1.94. The van der Waals surface area contributed by atoms with Gasteiger partial charge in [0, 0.05) is 0 Å². The average molecular weight is 155 g/mol. The van der Waals surface area contributed by atoms with E-state index < -0.39 is 11.9 Å². The van der Waals surface area contributed by atoms with E-state index in [-0.39, 0.29) is 11.4 Å². The molecule has 1 amide bonds. The topological polar surface area (TPSA) is 82.0 Å². The monoisotopic (exact) mass is 155 g/mol. The molecule has 5 heteroatoms. The summed E-state index contributed by atoms with van der Waals surface area (Å²) < 4.78 is 12.6. The van der Waals surface area contributed by atoms with Crippen molar-refractivity contribution in [3.63, 3.8) is 0 Å². The fourth-order valence-corrected chi connectivity index (χ4v) is 0.632. The summed E-state index contributed by atoms with van der Waals surface area (Å²) in [6, 6.07) is 2.50. The van der Waals surface area contributed by atoms with Gasteiger partial charge in [0.1, 0.15) is 5.82 Å². The molecule has 0 atom stereocenters. The molecule has 0 spiro atoms. The maximum atomic E-state index is 12.6. The van der Waals surface area contributed by atoms with E-state index in [1.54, 1.807) is 0 Å². The van der Waals surface area contributed by atoms with Crippen LogP contribution >= 0.6 is 0 Å². The predicted molar refractivity (Wildman–Crippen MR) is 37.1 cm³/mol. The standard InChI is InChI=1S/C6H6FN3O/c7-5-3(6(9)11)1-2-4(8)10-5/h1-2H,(H2,8,10)(H2,9,11). The molecular formula is C6H6FN3O. The summed E-state index contributed by atoms with van der Waals surface area (Å²) in [5.41, 5.74) is 9.68. The van der Waals surface area contributed by atoms with Gasteiger partial charge < -0.3 is 11.5 Å². The molecule has 0 aliphatic rings. The summed E-state index contributed by atoms with van der Waals surface area (Å²) in [5.74, 6) is -1.76. The van der Waals surface area contributed by atoms with Crippen LogP contribution in [0.25, 0.3) is 0 Å². The Bertz CT molecular complexity index is 300. The molecular weight excluding hydrogens is 149 g/mol. The van der Waals surface area contributed by atoms with Crippen LogP contribution in [0, 0.1) is 5.95 Å². The highest BCUT2D eigenvalue weighted by Gasteiger charge is 2.08. The molecule has 1 rings (SSSR count). The van der Waals surface area contributed by atoms with Gasteiger partial charge in [-0.25, -0.2) is 4.98 Å². The number of hydrogen-bond acceptors (Lipinski definition) is 3. The summed E-state index contributed by atoms with van der Waals surface area (Å²) in [6.45, 7) is 0. The minimum absolute atomic E-state index is 0.0208. The maximum absolute atomic E-state index is 12.6. The lowest BCUT2D eigenvalue weighted by Gasteiger charge is -1.96. The Morgan fingerprint density at radius 1 is 1.55 bits per heavy atom. The Morgan fingerprint density at radius 3 is 2.64 bits per heavy atom. The number of carbonyl (C=O) groups is 1. The first-order valence-electron chi connectivity index (χ1n) is 2.83. The number of nitrogen functional groups attached to an aromatic ring is 1. The van der Waals surface area contributed by atoms with Gasteiger partial charge in [-0.15, -0.1) is 0 Å². The largest absolute Gasteiger partial charge is 0.384 e. The van der Waals surface area contributed by atoms with Crippen molar-refractivity contribution in [1.82, 2.24) is 4.98 Å². The fraction of sp³-hybridized carbons (Fsp3) is 0. The zero-order valence-corrected chi connectivity index (χ0v) is 5.54. The predicted octanol–water partition coefficient (Wildman–Crippen LogP) is -0.0982. The zero-order chi connectivity index (χ0) is 8.43. The molecule has 0 aliphatic carbocycles. The Hall–Kier alpha value is -1.65. The first kappa shape index (κ1) is 7.46. The number of aromatic nitrogens is 1. The number of nitrogens with two attached hydrogens (primary N) is 2. The van der Waals surface area contributed by atoms with Gasteiger partial charge in [0.2, 0.25) is 5.95 Å². The van der Waals surface area contributed by atoms with E-state index in [0.717, 1.165) is 0 Å². The molecule has 0 aromatic carbocycles. The lowest BCUT2D eigenvalue weighted by molar-refractivity contribution is 0.0995. The van der Waals surface area contributed by atoms with Crippen LogP contribution in [0.3, 0.4) is 0 Å². The van der Waals surface area contributed by atoms with E-state index in [1.165, 1.54) is 12.1 Å². The highest BCUT2D eigenvalue weighted by Crippen LogP contribution is 2.05. The molecule has 0 fully saturated rings. The van der Waals surface area contributed by atoms with Gasteiger partial charge in [-0.2, -0.15) is 4.39 Å². The number of primary amides is 1. The molecule has 0 saturated heterocycles. The van der Waals surface area contributed by atoms with Crippen LogP contribution in [0.4, 0.5) is 10.2 Å². The quantitative estimate of drug-likeness (QED) is 0.555. The number of rotatable bonds is 1. The Morgan fingerprint density at radius 2 is 2.18 bits per heavy atom. The first-order chi connectivity index (χ1) is 5.11. The van der Waals surface area contributed by atoms with Gasteiger partial charge in [-0.05, 0) is 12.1 Å². The number of carbonyl (C=O) groups excluding carboxylic acids is 1. The third kappa shape index (κ3) is 1.43. The first-order valence-corrected chi connectivity index (χ1v) is 2.83. The molecule has 4 N–H and O–H groups in total. The highest BCUT2D eigenvalue weighted by atomic mass is 19.1. The van der Waals surface area contributed by atoms with Crippen molar-refractivity contribution in [1.29, 1.82) is 0 Å². The van der Waals surface area contributed by atoms with Crippen molar-refractivity contribution in [2.24, 2.45) is 5.73 Å². The minimum atomic E-state index is -0.933. The van der Waals surface area contributed by atoms with E-state index in [2.05, 4.69) is 4.98 Å². The molecule has 1 heterocycles. The minimum Gasteiger partial charge on any atom is -0.384 e. The van der Waals surface area contributed by atoms with Crippen LogP contribution < -0.4 is 11.5 Å². The lowest BCUT2D eigenvalue weighted by Crippen LogP contribution is -2.14. The number of halogens is 1. The highest BCUT2D eigenvalue weighted by molar-refractivity contribution is 5.92. The van der Waals surface area contributed by atoms with Crippen LogP contribution in [0.5, 0.6) is 0 Å². The summed E-state index contributed by atoms with van der Waals surface area (Å²) in [4.78, 5) is 13.6. The molecule has 11 heavy (non-hydrogen) atoms. The van der Waals surface area contributed by atoms with Crippen molar-refractivity contribution in [2.45, 2.75) is 0 Å².